The van der Waals surface area contributed by atoms with Gasteiger partial charge in [0.05, 0.1) is 15.5 Å². The summed E-state index contributed by atoms with van der Waals surface area (Å²) in [6.07, 6.45) is 1.29. The van der Waals surface area contributed by atoms with Gasteiger partial charge < -0.3 is 11.1 Å². The quantitative estimate of drug-likeness (QED) is 0.664. The zero-order valence-corrected chi connectivity index (χ0v) is 11.5. The summed E-state index contributed by atoms with van der Waals surface area (Å²) in [6, 6.07) is 7.37. The van der Waals surface area contributed by atoms with Gasteiger partial charge in [-0.25, -0.2) is 4.98 Å². The zero-order valence-electron chi connectivity index (χ0n) is 10.7. The van der Waals surface area contributed by atoms with Crippen LogP contribution in [0.2, 0.25) is 5.02 Å². The first kappa shape index (κ1) is 14.7. The number of nitrogens with two attached hydrogens (primary N) is 1. The van der Waals surface area contributed by atoms with Gasteiger partial charge >= 0.3 is 0 Å². The smallest absolute Gasteiger partial charge is 0.269 e. The minimum atomic E-state index is -0.494. The van der Waals surface area contributed by atoms with Gasteiger partial charge in [0, 0.05) is 24.9 Å². The summed E-state index contributed by atoms with van der Waals surface area (Å²) >= 11 is 5.87. The number of amides is 1. The molecular weight excluding hydrogens is 296 g/mol. The summed E-state index contributed by atoms with van der Waals surface area (Å²) in [6.45, 7) is 0.138. The average molecular weight is 307 g/mol. The molecule has 2 rings (SSSR count). The lowest BCUT2D eigenvalue weighted by Gasteiger charge is -2.07. The molecule has 0 saturated heterocycles. The Hall–Kier alpha value is -2.67. The van der Waals surface area contributed by atoms with E-state index in [1.54, 1.807) is 12.1 Å². The number of nitrogen functional groups attached to an aromatic ring is 1. The molecule has 0 spiro atoms. The van der Waals surface area contributed by atoms with Crippen molar-refractivity contribution in [3.63, 3.8) is 0 Å². The van der Waals surface area contributed by atoms with Crippen molar-refractivity contribution in [3.8, 4) is 0 Å². The number of hydrogen-bond donors (Lipinski definition) is 2. The Balaban J connectivity index is 2.09. The number of nitro benzene ring substituents is 1. The van der Waals surface area contributed by atoms with Crippen molar-refractivity contribution in [2.45, 2.75) is 6.54 Å². The molecule has 108 valence electrons. The third-order valence-corrected chi connectivity index (χ3v) is 3.00. The number of benzene rings is 1. The van der Waals surface area contributed by atoms with Crippen molar-refractivity contribution in [2.75, 3.05) is 5.73 Å². The molecule has 0 bridgehead atoms. The van der Waals surface area contributed by atoms with E-state index in [2.05, 4.69) is 10.3 Å². The summed E-state index contributed by atoms with van der Waals surface area (Å²) in [5, 5.41) is 13.5. The van der Waals surface area contributed by atoms with Crippen LogP contribution >= 0.6 is 11.6 Å². The molecule has 1 amide bonds. The number of hydrogen-bond acceptors (Lipinski definition) is 5. The lowest BCUT2D eigenvalue weighted by molar-refractivity contribution is -0.384. The Morgan fingerprint density at radius 3 is 2.90 bits per heavy atom. The highest BCUT2D eigenvalue weighted by Crippen LogP contribution is 2.17. The second-order valence-corrected chi connectivity index (χ2v) is 4.61. The topological polar surface area (TPSA) is 111 Å². The van der Waals surface area contributed by atoms with Crippen LogP contribution in [0.4, 0.5) is 11.5 Å². The fourth-order valence-corrected chi connectivity index (χ4v) is 1.88. The molecule has 0 radical (unpaired) electrons. The van der Waals surface area contributed by atoms with Crippen LogP contribution in [0.15, 0.2) is 36.5 Å². The summed E-state index contributed by atoms with van der Waals surface area (Å²) in [4.78, 5) is 25.9. The maximum atomic E-state index is 12.0. The molecule has 3 N–H and O–H groups in total. The number of carbonyl (C=O) groups excluding carboxylic acids is 1. The number of halogens is 1. The predicted molar refractivity (Wildman–Crippen MR) is 77.9 cm³/mol. The van der Waals surface area contributed by atoms with E-state index in [9.17, 15) is 14.9 Å². The van der Waals surface area contributed by atoms with Gasteiger partial charge in [-0.05, 0) is 11.6 Å². The maximum Gasteiger partial charge on any atom is 0.269 e. The molecule has 1 heterocycles. The monoisotopic (exact) mass is 306 g/mol. The lowest BCUT2D eigenvalue weighted by atomic mass is 10.2. The van der Waals surface area contributed by atoms with Crippen LogP contribution in [0.3, 0.4) is 0 Å². The number of pyridine rings is 1. The van der Waals surface area contributed by atoms with Crippen LogP contribution in [0.1, 0.15) is 15.9 Å². The molecule has 2 aromatic rings. The minimum Gasteiger partial charge on any atom is -0.384 e. The molecule has 0 atom stereocenters. The van der Waals surface area contributed by atoms with Crippen LogP contribution in [-0.2, 0) is 6.54 Å². The molecule has 0 aliphatic carbocycles. The summed E-state index contributed by atoms with van der Waals surface area (Å²) in [5.74, 6) is -0.250. The van der Waals surface area contributed by atoms with E-state index in [-0.39, 0.29) is 28.6 Å². The van der Waals surface area contributed by atoms with Crippen molar-refractivity contribution < 1.29 is 9.72 Å². The fourth-order valence-electron chi connectivity index (χ4n) is 1.69. The molecule has 0 unspecified atom stereocenters. The summed E-state index contributed by atoms with van der Waals surface area (Å²) in [5.41, 5.74) is 6.28. The van der Waals surface area contributed by atoms with E-state index >= 15 is 0 Å². The van der Waals surface area contributed by atoms with Gasteiger partial charge in [0.2, 0.25) is 0 Å². The predicted octanol–water partition coefficient (Wildman–Crippen LogP) is 2.16. The van der Waals surface area contributed by atoms with Gasteiger partial charge in [0.15, 0.2) is 0 Å². The third kappa shape index (κ3) is 3.67. The van der Waals surface area contributed by atoms with Gasteiger partial charge in [-0.2, -0.15) is 0 Å². The molecule has 0 aliphatic heterocycles. The number of nitrogens with one attached hydrogen (secondary N) is 1. The Bertz CT molecular complexity index is 706. The highest BCUT2D eigenvalue weighted by atomic mass is 35.5. The van der Waals surface area contributed by atoms with E-state index in [0.717, 1.165) is 0 Å². The number of aromatic nitrogens is 1. The fraction of sp³-hybridized carbons (Fsp3) is 0.0769. The Morgan fingerprint density at radius 2 is 2.19 bits per heavy atom. The van der Waals surface area contributed by atoms with E-state index in [1.807, 2.05) is 0 Å². The highest BCUT2D eigenvalue weighted by Gasteiger charge is 2.12. The van der Waals surface area contributed by atoms with Gasteiger partial charge in [0.1, 0.15) is 5.82 Å². The van der Waals surface area contributed by atoms with Crippen LogP contribution in [0.25, 0.3) is 0 Å². The Labute approximate surface area is 124 Å². The molecule has 0 aliphatic rings. The molecule has 21 heavy (non-hydrogen) atoms. The third-order valence-electron chi connectivity index (χ3n) is 2.70. The van der Waals surface area contributed by atoms with Crippen molar-refractivity contribution in [2.24, 2.45) is 0 Å². The highest BCUT2D eigenvalue weighted by molar-refractivity contribution is 6.33. The molecule has 8 heteroatoms. The van der Waals surface area contributed by atoms with E-state index < -0.39 is 10.8 Å². The van der Waals surface area contributed by atoms with Crippen LogP contribution in [0, 0.1) is 10.1 Å². The van der Waals surface area contributed by atoms with Crippen LogP contribution in [-0.4, -0.2) is 15.8 Å². The molecule has 0 fully saturated rings. The van der Waals surface area contributed by atoms with Gasteiger partial charge in [0.25, 0.3) is 11.6 Å². The van der Waals surface area contributed by atoms with Crippen molar-refractivity contribution in [1.29, 1.82) is 0 Å². The molecule has 1 aromatic carbocycles. The largest absolute Gasteiger partial charge is 0.384 e. The first-order valence-corrected chi connectivity index (χ1v) is 6.27. The number of anilines is 1. The second-order valence-electron chi connectivity index (χ2n) is 4.20. The van der Waals surface area contributed by atoms with Crippen molar-refractivity contribution in [3.05, 3.63) is 62.8 Å². The van der Waals surface area contributed by atoms with Gasteiger partial charge in [-0.15, -0.1) is 0 Å². The standard InChI is InChI=1S/C13H11ClN4O3/c14-11-7-16-12(15)5-10(11)13(19)17-6-8-2-1-3-9(4-8)18(20)21/h1-5,7H,6H2,(H2,15,16)(H,17,19). The lowest BCUT2D eigenvalue weighted by Crippen LogP contribution is -2.23. The number of rotatable bonds is 4. The normalized spacial score (nSPS) is 10.1. The Kier molecular flexibility index (Phi) is 4.34. The van der Waals surface area contributed by atoms with E-state index in [1.165, 1.54) is 24.4 Å². The SMILES string of the molecule is Nc1cc(C(=O)NCc2cccc([N+](=O)[O-])c2)c(Cl)cn1. The summed E-state index contributed by atoms with van der Waals surface area (Å²) in [7, 11) is 0. The number of nitro groups is 1. The molecule has 1 aromatic heterocycles. The van der Waals surface area contributed by atoms with Crippen molar-refractivity contribution >= 4 is 29.0 Å². The van der Waals surface area contributed by atoms with Gasteiger partial charge in [-0.1, -0.05) is 23.7 Å². The van der Waals surface area contributed by atoms with Gasteiger partial charge in [-0.3, -0.25) is 14.9 Å². The van der Waals surface area contributed by atoms with Crippen LogP contribution < -0.4 is 11.1 Å². The second kappa shape index (κ2) is 6.19. The first-order valence-electron chi connectivity index (χ1n) is 5.90. The minimum absolute atomic E-state index is 0.0343. The number of non-ortho nitro benzene ring substituents is 1. The van der Waals surface area contributed by atoms with Crippen LogP contribution in [0.5, 0.6) is 0 Å². The average Bonchev–Trinajstić information content (AvgIpc) is 2.47. The van der Waals surface area contributed by atoms with Crippen molar-refractivity contribution in [1.82, 2.24) is 10.3 Å². The van der Waals surface area contributed by atoms with E-state index in [4.69, 9.17) is 17.3 Å². The molecular formula is C13H11ClN4O3. The zero-order chi connectivity index (χ0) is 15.4. The maximum absolute atomic E-state index is 12.0. The molecule has 0 saturated carbocycles. The number of carbonyl (C=O) groups is 1. The Morgan fingerprint density at radius 1 is 1.43 bits per heavy atom. The van der Waals surface area contributed by atoms with E-state index in [0.29, 0.717) is 5.56 Å². The summed E-state index contributed by atoms with van der Waals surface area (Å²) < 4.78 is 0. The number of nitrogens with zero attached hydrogens (tertiary/aromatic N) is 2. The first-order chi connectivity index (χ1) is 9.97. The molecule has 7 nitrogen and oxygen atoms in total.